The third-order valence-electron chi connectivity index (χ3n) is 3.68. The van der Waals surface area contributed by atoms with Gasteiger partial charge in [-0.05, 0) is 26.3 Å². The molecule has 2 rings (SSSR count). The molecule has 0 saturated carbocycles. The Balaban J connectivity index is 2.05. The van der Waals surface area contributed by atoms with Crippen molar-refractivity contribution in [2.75, 3.05) is 0 Å². The van der Waals surface area contributed by atoms with Gasteiger partial charge in [0.05, 0.1) is 0 Å². The Labute approximate surface area is 158 Å². The van der Waals surface area contributed by atoms with Crippen molar-refractivity contribution in [3.8, 4) is 0 Å². The van der Waals surface area contributed by atoms with Gasteiger partial charge in [0, 0.05) is 17.5 Å². The summed E-state index contributed by atoms with van der Waals surface area (Å²) in [4.78, 5) is 35.7. The van der Waals surface area contributed by atoms with Crippen LogP contribution in [0.3, 0.4) is 0 Å². The zero-order valence-corrected chi connectivity index (χ0v) is 15.6. The minimum Gasteiger partial charge on any atom is -0.480 e. The molecular formula is C21H23NO5. The molecule has 2 aromatic rings. The van der Waals surface area contributed by atoms with Gasteiger partial charge in [0.15, 0.2) is 5.78 Å². The first kappa shape index (κ1) is 20.2. The first-order valence-electron chi connectivity index (χ1n) is 8.57. The lowest BCUT2D eigenvalue weighted by Crippen LogP contribution is -2.44. The van der Waals surface area contributed by atoms with Gasteiger partial charge in [-0.15, -0.1) is 0 Å². The highest BCUT2D eigenvalue weighted by Crippen LogP contribution is 2.13. The second kappa shape index (κ2) is 8.49. The first-order chi connectivity index (χ1) is 12.7. The number of rotatable bonds is 6. The number of hydrogen-bond acceptors (Lipinski definition) is 4. The molecular weight excluding hydrogens is 346 g/mol. The molecule has 1 amide bonds. The SMILES string of the molecule is CC(C)(C)OC(=O)NC(Cc1ccc(C(=O)c2ccccc2)cc1)C(=O)O. The number of ether oxygens (including phenoxy) is 1. The monoisotopic (exact) mass is 369 g/mol. The number of hydrogen-bond donors (Lipinski definition) is 2. The molecule has 2 N–H and O–H groups in total. The van der Waals surface area contributed by atoms with Gasteiger partial charge >= 0.3 is 12.1 Å². The van der Waals surface area contributed by atoms with E-state index in [1.807, 2.05) is 6.07 Å². The zero-order chi connectivity index (χ0) is 20.0. The van der Waals surface area contributed by atoms with Gasteiger partial charge in [0.2, 0.25) is 0 Å². The standard InChI is InChI=1S/C21H23NO5/c1-21(2,3)27-20(26)22-17(19(24)25)13-14-9-11-16(12-10-14)18(23)15-7-5-4-6-8-15/h4-12,17H,13H2,1-3H3,(H,22,26)(H,24,25). The largest absolute Gasteiger partial charge is 0.480 e. The fourth-order valence-electron chi connectivity index (χ4n) is 2.43. The van der Waals surface area contributed by atoms with Crippen LogP contribution >= 0.6 is 0 Å². The Morgan fingerprint density at radius 3 is 2.04 bits per heavy atom. The van der Waals surface area contributed by atoms with Crippen LogP contribution in [0.4, 0.5) is 4.79 Å². The van der Waals surface area contributed by atoms with Gasteiger partial charge in [0.1, 0.15) is 11.6 Å². The highest BCUT2D eigenvalue weighted by Gasteiger charge is 2.24. The van der Waals surface area contributed by atoms with Crippen molar-refractivity contribution in [1.29, 1.82) is 0 Å². The van der Waals surface area contributed by atoms with Crippen molar-refractivity contribution in [3.05, 3.63) is 71.3 Å². The minimum atomic E-state index is -1.16. The van der Waals surface area contributed by atoms with Crippen LogP contribution in [0.5, 0.6) is 0 Å². The van der Waals surface area contributed by atoms with E-state index in [0.717, 1.165) is 0 Å². The predicted molar refractivity (Wildman–Crippen MR) is 101 cm³/mol. The van der Waals surface area contributed by atoms with Crippen LogP contribution in [0, 0.1) is 0 Å². The van der Waals surface area contributed by atoms with Gasteiger partial charge in [0.25, 0.3) is 0 Å². The second-order valence-electron chi connectivity index (χ2n) is 7.13. The third kappa shape index (κ3) is 6.26. The van der Waals surface area contributed by atoms with E-state index in [9.17, 15) is 19.5 Å². The summed E-state index contributed by atoms with van der Waals surface area (Å²) >= 11 is 0. The smallest absolute Gasteiger partial charge is 0.408 e. The van der Waals surface area contributed by atoms with Gasteiger partial charge in [-0.25, -0.2) is 9.59 Å². The molecule has 0 aliphatic heterocycles. The first-order valence-corrected chi connectivity index (χ1v) is 8.57. The van der Waals surface area contributed by atoms with E-state index < -0.39 is 23.7 Å². The van der Waals surface area contributed by atoms with Crippen LogP contribution in [0.15, 0.2) is 54.6 Å². The summed E-state index contributed by atoms with van der Waals surface area (Å²) < 4.78 is 5.10. The Hall–Kier alpha value is -3.15. The molecule has 0 aromatic heterocycles. The van der Waals surface area contributed by atoms with Crippen LogP contribution in [0.25, 0.3) is 0 Å². The molecule has 142 valence electrons. The van der Waals surface area contributed by atoms with Crippen molar-refractivity contribution in [2.45, 2.75) is 38.8 Å². The van der Waals surface area contributed by atoms with E-state index in [1.165, 1.54) is 0 Å². The van der Waals surface area contributed by atoms with Gasteiger partial charge in [-0.2, -0.15) is 0 Å². The fraction of sp³-hybridized carbons (Fsp3) is 0.286. The van der Waals surface area contributed by atoms with Gasteiger partial charge in [-0.1, -0.05) is 54.6 Å². The van der Waals surface area contributed by atoms with Crippen molar-refractivity contribution in [2.24, 2.45) is 0 Å². The van der Waals surface area contributed by atoms with E-state index in [4.69, 9.17) is 4.74 Å². The van der Waals surface area contributed by atoms with Crippen molar-refractivity contribution < 1.29 is 24.2 Å². The molecule has 0 spiro atoms. The number of alkyl carbamates (subject to hydrolysis) is 1. The molecule has 6 nitrogen and oxygen atoms in total. The van der Waals surface area contributed by atoms with Crippen LogP contribution in [0.1, 0.15) is 42.3 Å². The highest BCUT2D eigenvalue weighted by molar-refractivity contribution is 6.08. The summed E-state index contributed by atoms with van der Waals surface area (Å²) in [6.45, 7) is 5.10. The number of ketones is 1. The number of benzene rings is 2. The lowest BCUT2D eigenvalue weighted by molar-refractivity contribution is -0.139. The molecule has 27 heavy (non-hydrogen) atoms. The number of carbonyl (C=O) groups is 3. The second-order valence-corrected chi connectivity index (χ2v) is 7.13. The van der Waals surface area contributed by atoms with E-state index in [0.29, 0.717) is 16.7 Å². The van der Waals surface area contributed by atoms with Crippen LogP contribution < -0.4 is 5.32 Å². The summed E-state index contributed by atoms with van der Waals surface area (Å²) in [5.74, 6) is -1.27. The summed E-state index contributed by atoms with van der Waals surface area (Å²) in [6, 6.07) is 14.4. The van der Waals surface area contributed by atoms with Gasteiger partial charge in [-0.3, -0.25) is 4.79 Å². The van der Waals surface area contributed by atoms with Gasteiger partial charge < -0.3 is 15.2 Å². The molecule has 1 atom stereocenters. The summed E-state index contributed by atoms with van der Waals surface area (Å²) in [5, 5.41) is 11.7. The zero-order valence-electron chi connectivity index (χ0n) is 15.6. The molecule has 6 heteroatoms. The number of carboxylic acid groups (broad SMARTS) is 1. The fourth-order valence-corrected chi connectivity index (χ4v) is 2.43. The van der Waals surface area contributed by atoms with Crippen molar-refractivity contribution in [1.82, 2.24) is 5.32 Å². The number of carbonyl (C=O) groups excluding carboxylic acids is 2. The molecule has 0 aliphatic carbocycles. The van der Waals surface area contributed by atoms with Crippen molar-refractivity contribution >= 4 is 17.8 Å². The molecule has 0 bridgehead atoms. The van der Waals surface area contributed by atoms with E-state index in [1.54, 1.807) is 69.3 Å². The minimum absolute atomic E-state index is 0.0778. The average molecular weight is 369 g/mol. The van der Waals surface area contributed by atoms with Crippen LogP contribution in [-0.4, -0.2) is 34.6 Å². The molecule has 1 unspecified atom stereocenters. The maximum Gasteiger partial charge on any atom is 0.408 e. The summed E-state index contributed by atoms with van der Waals surface area (Å²) in [7, 11) is 0. The maximum atomic E-state index is 12.4. The van der Waals surface area contributed by atoms with Crippen LogP contribution in [-0.2, 0) is 16.0 Å². The average Bonchev–Trinajstić information content (AvgIpc) is 2.60. The van der Waals surface area contributed by atoms with E-state index in [2.05, 4.69) is 5.32 Å². The Morgan fingerprint density at radius 1 is 0.963 bits per heavy atom. The molecule has 0 radical (unpaired) electrons. The normalized spacial score (nSPS) is 12.1. The maximum absolute atomic E-state index is 12.4. The Morgan fingerprint density at radius 2 is 1.52 bits per heavy atom. The van der Waals surface area contributed by atoms with Crippen LogP contribution in [0.2, 0.25) is 0 Å². The lowest BCUT2D eigenvalue weighted by atomic mass is 9.99. The lowest BCUT2D eigenvalue weighted by Gasteiger charge is -2.22. The predicted octanol–water partition coefficient (Wildman–Crippen LogP) is 3.44. The van der Waals surface area contributed by atoms with E-state index in [-0.39, 0.29) is 12.2 Å². The Kier molecular flexibility index (Phi) is 6.34. The quantitative estimate of drug-likeness (QED) is 0.761. The topological polar surface area (TPSA) is 92.7 Å². The summed E-state index contributed by atoms with van der Waals surface area (Å²) in [5.41, 5.74) is 1.06. The number of nitrogens with one attached hydrogen (secondary N) is 1. The molecule has 0 aliphatic rings. The summed E-state index contributed by atoms with van der Waals surface area (Å²) in [6.07, 6.45) is -0.709. The number of aliphatic carboxylic acids is 1. The van der Waals surface area contributed by atoms with Crippen molar-refractivity contribution in [3.63, 3.8) is 0 Å². The molecule has 0 fully saturated rings. The molecule has 2 aromatic carbocycles. The highest BCUT2D eigenvalue weighted by atomic mass is 16.6. The Bertz CT molecular complexity index is 807. The third-order valence-corrected chi connectivity index (χ3v) is 3.68. The number of amides is 1. The number of carboxylic acids is 1. The van der Waals surface area contributed by atoms with E-state index >= 15 is 0 Å². The molecule has 0 heterocycles. The molecule has 0 saturated heterocycles.